The number of amides is 1. The Balaban J connectivity index is 2.36. The van der Waals surface area contributed by atoms with Crippen LogP contribution in [0.2, 0.25) is 0 Å². The lowest BCUT2D eigenvalue weighted by Gasteiger charge is -2.00. The number of aromatic nitrogens is 1. The number of carbonyl (C=O) groups excluding carboxylic acids is 1. The van der Waals surface area contributed by atoms with Crippen molar-refractivity contribution in [3.05, 3.63) is 36.0 Å². The predicted octanol–water partition coefficient (Wildman–Crippen LogP) is 1.30. The van der Waals surface area contributed by atoms with Crippen LogP contribution in [-0.4, -0.2) is 15.8 Å². The molecule has 1 heterocycles. The maximum absolute atomic E-state index is 10.6. The zero-order chi connectivity index (χ0) is 10.8. The van der Waals surface area contributed by atoms with Crippen molar-refractivity contribution in [1.29, 1.82) is 0 Å². The molecule has 0 aliphatic heterocycles. The highest BCUT2D eigenvalue weighted by molar-refractivity contribution is 5.81. The van der Waals surface area contributed by atoms with Gasteiger partial charge in [0.05, 0.1) is 11.2 Å². The van der Waals surface area contributed by atoms with Crippen LogP contribution in [0, 0.1) is 0 Å². The number of para-hydroxylation sites is 1. The maximum atomic E-state index is 10.6. The molecule has 4 heteroatoms. The lowest BCUT2D eigenvalue weighted by molar-refractivity contribution is -0.118. The average Bonchev–Trinajstić information content (AvgIpc) is 2.54. The van der Waals surface area contributed by atoms with E-state index in [-0.39, 0.29) is 12.3 Å². The number of hydrogen-bond donors (Lipinski definition) is 2. The lowest BCUT2D eigenvalue weighted by Crippen LogP contribution is -2.12. The van der Waals surface area contributed by atoms with Crippen LogP contribution < -0.4 is 5.73 Å². The molecule has 0 saturated carbocycles. The standard InChI is InChI=1S/C11H12N2O2/c12-11(14)6-5-9-7-8-3-1-2-4-10(8)13(9)15/h1-4,7,15H,5-6H2,(H2,12,14). The van der Waals surface area contributed by atoms with Gasteiger partial charge in [-0.15, -0.1) is 0 Å². The molecule has 0 bridgehead atoms. The third-order valence-electron chi connectivity index (χ3n) is 2.39. The quantitative estimate of drug-likeness (QED) is 0.740. The first-order valence-electron chi connectivity index (χ1n) is 4.75. The minimum absolute atomic E-state index is 0.247. The summed E-state index contributed by atoms with van der Waals surface area (Å²) in [5.41, 5.74) is 6.51. The van der Waals surface area contributed by atoms with Gasteiger partial charge in [0.1, 0.15) is 0 Å². The molecule has 0 spiro atoms. The molecule has 15 heavy (non-hydrogen) atoms. The Morgan fingerprint density at radius 1 is 1.40 bits per heavy atom. The van der Waals surface area contributed by atoms with Crippen LogP contribution in [0.1, 0.15) is 12.1 Å². The molecule has 0 aliphatic carbocycles. The van der Waals surface area contributed by atoms with Crippen LogP contribution in [0.5, 0.6) is 0 Å². The molecule has 4 nitrogen and oxygen atoms in total. The molecule has 0 unspecified atom stereocenters. The van der Waals surface area contributed by atoms with Crippen molar-refractivity contribution in [3.63, 3.8) is 0 Å². The molecule has 1 amide bonds. The Bertz CT molecular complexity index is 502. The summed E-state index contributed by atoms with van der Waals surface area (Å²) in [5, 5.41) is 10.7. The topological polar surface area (TPSA) is 68.2 Å². The number of aryl methyl sites for hydroxylation is 1. The van der Waals surface area contributed by atoms with E-state index in [2.05, 4.69) is 0 Å². The summed E-state index contributed by atoms with van der Waals surface area (Å²) >= 11 is 0. The van der Waals surface area contributed by atoms with Crippen LogP contribution >= 0.6 is 0 Å². The molecular formula is C11H12N2O2. The lowest BCUT2D eigenvalue weighted by atomic mass is 10.2. The van der Waals surface area contributed by atoms with Crippen LogP contribution in [-0.2, 0) is 11.2 Å². The van der Waals surface area contributed by atoms with Gasteiger partial charge in [-0.1, -0.05) is 18.2 Å². The van der Waals surface area contributed by atoms with Crippen molar-refractivity contribution in [2.45, 2.75) is 12.8 Å². The molecule has 0 atom stereocenters. The smallest absolute Gasteiger partial charge is 0.217 e. The summed E-state index contributed by atoms with van der Waals surface area (Å²) in [6.07, 6.45) is 0.706. The Labute approximate surface area is 86.9 Å². The van der Waals surface area contributed by atoms with Gasteiger partial charge in [0.25, 0.3) is 0 Å². The van der Waals surface area contributed by atoms with Gasteiger partial charge in [-0.25, -0.2) is 0 Å². The Morgan fingerprint density at radius 2 is 2.13 bits per heavy atom. The number of rotatable bonds is 3. The van der Waals surface area contributed by atoms with E-state index in [0.717, 1.165) is 15.6 Å². The first kappa shape index (κ1) is 9.58. The van der Waals surface area contributed by atoms with Crippen molar-refractivity contribution in [1.82, 2.24) is 4.73 Å². The number of nitrogens with zero attached hydrogens (tertiary/aromatic N) is 1. The zero-order valence-corrected chi connectivity index (χ0v) is 8.18. The van der Waals surface area contributed by atoms with Crippen LogP contribution in [0.3, 0.4) is 0 Å². The van der Waals surface area contributed by atoms with Gasteiger partial charge in [-0.05, 0) is 18.6 Å². The van der Waals surface area contributed by atoms with Crippen LogP contribution in [0.4, 0.5) is 0 Å². The zero-order valence-electron chi connectivity index (χ0n) is 8.18. The molecule has 3 N–H and O–H groups in total. The summed E-state index contributed by atoms with van der Waals surface area (Å²) in [7, 11) is 0. The normalized spacial score (nSPS) is 10.7. The molecule has 0 fully saturated rings. The summed E-state index contributed by atoms with van der Waals surface area (Å²) in [6, 6.07) is 9.35. The van der Waals surface area contributed by atoms with Crippen molar-refractivity contribution in [3.8, 4) is 0 Å². The first-order valence-corrected chi connectivity index (χ1v) is 4.75. The minimum atomic E-state index is -0.361. The molecular weight excluding hydrogens is 192 g/mol. The second-order valence-electron chi connectivity index (χ2n) is 3.47. The molecule has 78 valence electrons. The number of nitrogens with two attached hydrogens (primary N) is 1. The highest BCUT2D eigenvalue weighted by Gasteiger charge is 2.07. The van der Waals surface area contributed by atoms with E-state index >= 15 is 0 Å². The number of hydrogen-bond acceptors (Lipinski definition) is 2. The Hall–Kier alpha value is -1.97. The second kappa shape index (κ2) is 3.65. The molecule has 2 aromatic rings. The SMILES string of the molecule is NC(=O)CCc1cc2ccccc2n1O. The van der Waals surface area contributed by atoms with E-state index in [4.69, 9.17) is 5.73 Å². The van der Waals surface area contributed by atoms with E-state index in [1.165, 1.54) is 0 Å². The van der Waals surface area contributed by atoms with Crippen molar-refractivity contribution in [2.24, 2.45) is 5.73 Å². The monoisotopic (exact) mass is 204 g/mol. The Morgan fingerprint density at radius 3 is 2.80 bits per heavy atom. The molecule has 0 radical (unpaired) electrons. The molecule has 0 aliphatic rings. The van der Waals surface area contributed by atoms with Gasteiger partial charge in [-0.3, -0.25) is 4.79 Å². The fraction of sp³-hybridized carbons (Fsp3) is 0.182. The van der Waals surface area contributed by atoms with Gasteiger partial charge in [0, 0.05) is 11.8 Å². The molecule has 0 saturated heterocycles. The molecule has 2 rings (SSSR count). The fourth-order valence-electron chi connectivity index (χ4n) is 1.63. The van der Waals surface area contributed by atoms with Gasteiger partial charge in [-0.2, -0.15) is 4.73 Å². The molecule has 1 aromatic heterocycles. The van der Waals surface area contributed by atoms with Crippen molar-refractivity contribution < 1.29 is 10.0 Å². The van der Waals surface area contributed by atoms with E-state index in [9.17, 15) is 10.0 Å². The third kappa shape index (κ3) is 1.79. The minimum Gasteiger partial charge on any atom is -0.428 e. The van der Waals surface area contributed by atoms with Gasteiger partial charge >= 0.3 is 0 Å². The number of benzene rings is 1. The highest BCUT2D eigenvalue weighted by atomic mass is 16.5. The predicted molar refractivity (Wildman–Crippen MR) is 56.6 cm³/mol. The van der Waals surface area contributed by atoms with E-state index in [0.29, 0.717) is 12.1 Å². The number of primary amides is 1. The number of fused-ring (bicyclic) bond motifs is 1. The average molecular weight is 204 g/mol. The highest BCUT2D eigenvalue weighted by Crippen LogP contribution is 2.18. The van der Waals surface area contributed by atoms with Gasteiger partial charge in [0.15, 0.2) is 0 Å². The fourth-order valence-corrected chi connectivity index (χ4v) is 1.63. The van der Waals surface area contributed by atoms with E-state index < -0.39 is 0 Å². The van der Waals surface area contributed by atoms with Crippen LogP contribution in [0.25, 0.3) is 10.9 Å². The van der Waals surface area contributed by atoms with Gasteiger partial charge < -0.3 is 10.9 Å². The third-order valence-corrected chi connectivity index (χ3v) is 2.39. The summed E-state index contributed by atoms with van der Waals surface area (Å²) < 4.78 is 1.11. The summed E-state index contributed by atoms with van der Waals surface area (Å²) in [6.45, 7) is 0. The van der Waals surface area contributed by atoms with Crippen molar-refractivity contribution >= 4 is 16.8 Å². The van der Waals surface area contributed by atoms with E-state index in [1.807, 2.05) is 30.3 Å². The largest absolute Gasteiger partial charge is 0.428 e. The van der Waals surface area contributed by atoms with Gasteiger partial charge in [0.2, 0.25) is 5.91 Å². The van der Waals surface area contributed by atoms with Crippen molar-refractivity contribution in [2.75, 3.05) is 0 Å². The number of carbonyl (C=O) groups is 1. The van der Waals surface area contributed by atoms with E-state index in [1.54, 1.807) is 0 Å². The second-order valence-corrected chi connectivity index (χ2v) is 3.47. The summed E-state index contributed by atoms with van der Waals surface area (Å²) in [5.74, 6) is -0.361. The Kier molecular flexibility index (Phi) is 2.33. The van der Waals surface area contributed by atoms with Crippen LogP contribution in [0.15, 0.2) is 30.3 Å². The summed E-state index contributed by atoms with van der Waals surface area (Å²) in [4.78, 5) is 10.6. The first-order chi connectivity index (χ1) is 7.18. The molecule has 1 aromatic carbocycles. The maximum Gasteiger partial charge on any atom is 0.217 e.